The summed E-state index contributed by atoms with van der Waals surface area (Å²) in [6.45, 7) is 0. The molecule has 0 atom stereocenters. The lowest BCUT2D eigenvalue weighted by molar-refractivity contribution is -0.137. The second-order valence-corrected chi connectivity index (χ2v) is 3.85. The number of benzene rings is 1. The lowest BCUT2D eigenvalue weighted by Crippen LogP contribution is -2.06. The van der Waals surface area contributed by atoms with Crippen molar-refractivity contribution in [2.24, 2.45) is 0 Å². The minimum atomic E-state index is -4.45. The van der Waals surface area contributed by atoms with Gasteiger partial charge >= 0.3 is 6.18 Å². The first-order valence-corrected chi connectivity index (χ1v) is 5.36. The van der Waals surface area contributed by atoms with Gasteiger partial charge in [-0.15, -0.1) is 0 Å². The van der Waals surface area contributed by atoms with Gasteiger partial charge in [-0.25, -0.2) is 0 Å². The Kier molecular flexibility index (Phi) is 3.33. The summed E-state index contributed by atoms with van der Waals surface area (Å²) >= 11 is 0. The number of aromatic amines is 1. The molecular weight excluding hydrogens is 259 g/mol. The molecule has 1 N–H and O–H groups in total. The molecular formula is C13H10F3NO2. The molecule has 0 amide bonds. The quantitative estimate of drug-likeness (QED) is 0.910. The van der Waals surface area contributed by atoms with E-state index in [1.807, 2.05) is 0 Å². The molecule has 0 saturated heterocycles. The van der Waals surface area contributed by atoms with Gasteiger partial charge in [0.05, 0.1) is 18.4 Å². The maximum atomic E-state index is 12.7. The number of hydrogen-bond acceptors (Lipinski definition) is 2. The minimum absolute atomic E-state index is 0.190. The van der Waals surface area contributed by atoms with Crippen molar-refractivity contribution in [1.82, 2.24) is 4.98 Å². The molecule has 2 rings (SSSR count). The van der Waals surface area contributed by atoms with E-state index in [4.69, 9.17) is 4.74 Å². The predicted octanol–water partition coefficient (Wildman–Crippen LogP) is 3.07. The van der Waals surface area contributed by atoms with E-state index in [-0.39, 0.29) is 22.4 Å². The van der Waals surface area contributed by atoms with E-state index in [2.05, 4.69) is 4.98 Å². The summed E-state index contributed by atoms with van der Waals surface area (Å²) in [5.41, 5.74) is -0.633. The first-order valence-electron chi connectivity index (χ1n) is 5.36. The Bertz CT molecular complexity index is 647. The Hall–Kier alpha value is -2.24. The van der Waals surface area contributed by atoms with Crippen LogP contribution in [0, 0.1) is 0 Å². The van der Waals surface area contributed by atoms with E-state index < -0.39 is 11.7 Å². The van der Waals surface area contributed by atoms with Crippen LogP contribution < -0.4 is 10.2 Å². The molecule has 0 unspecified atom stereocenters. The highest BCUT2D eigenvalue weighted by molar-refractivity contribution is 5.68. The van der Waals surface area contributed by atoms with E-state index in [9.17, 15) is 18.0 Å². The van der Waals surface area contributed by atoms with Gasteiger partial charge in [0.2, 0.25) is 0 Å². The molecule has 1 aromatic carbocycles. The molecule has 0 radical (unpaired) electrons. The summed E-state index contributed by atoms with van der Waals surface area (Å²) in [6.07, 6.45) is -3.08. The van der Waals surface area contributed by atoms with Gasteiger partial charge in [0.15, 0.2) is 5.43 Å². The number of halogens is 3. The number of pyridine rings is 1. The van der Waals surface area contributed by atoms with E-state index in [0.717, 1.165) is 12.1 Å². The topological polar surface area (TPSA) is 42.1 Å². The molecule has 0 bridgehead atoms. The highest BCUT2D eigenvalue weighted by atomic mass is 19.4. The number of ether oxygens (including phenoxy) is 1. The number of methoxy groups -OCH3 is 1. The molecule has 0 aliphatic carbocycles. The summed E-state index contributed by atoms with van der Waals surface area (Å²) in [5, 5.41) is 0. The van der Waals surface area contributed by atoms with Gasteiger partial charge in [0.1, 0.15) is 5.75 Å². The third-order valence-electron chi connectivity index (χ3n) is 2.59. The van der Waals surface area contributed by atoms with E-state index >= 15 is 0 Å². The zero-order valence-corrected chi connectivity index (χ0v) is 9.91. The highest BCUT2D eigenvalue weighted by Crippen LogP contribution is 2.36. The fourth-order valence-corrected chi connectivity index (χ4v) is 1.70. The molecule has 0 aliphatic rings. The summed E-state index contributed by atoms with van der Waals surface area (Å²) < 4.78 is 43.1. The third-order valence-corrected chi connectivity index (χ3v) is 2.59. The van der Waals surface area contributed by atoms with Gasteiger partial charge in [0, 0.05) is 23.9 Å². The van der Waals surface area contributed by atoms with Crippen LogP contribution in [0.1, 0.15) is 5.56 Å². The van der Waals surface area contributed by atoms with Crippen LogP contribution in [-0.4, -0.2) is 12.1 Å². The van der Waals surface area contributed by atoms with Gasteiger partial charge in [-0.1, -0.05) is 0 Å². The Morgan fingerprint density at radius 3 is 2.47 bits per heavy atom. The summed E-state index contributed by atoms with van der Waals surface area (Å²) in [4.78, 5) is 14.0. The number of hydrogen-bond donors (Lipinski definition) is 1. The lowest BCUT2D eigenvalue weighted by Gasteiger charge is -2.12. The predicted molar refractivity (Wildman–Crippen MR) is 64.1 cm³/mol. The van der Waals surface area contributed by atoms with Crippen LogP contribution in [0.15, 0.2) is 41.3 Å². The second-order valence-electron chi connectivity index (χ2n) is 3.85. The Balaban J connectivity index is 2.63. The first-order chi connectivity index (χ1) is 8.91. The van der Waals surface area contributed by atoms with Crippen LogP contribution in [0.4, 0.5) is 13.2 Å². The SMILES string of the molecule is COc1ccc(C(F)(F)F)cc1-c1cc(=O)cc[nH]1. The van der Waals surface area contributed by atoms with Crippen molar-refractivity contribution in [2.75, 3.05) is 7.11 Å². The van der Waals surface area contributed by atoms with Crippen LogP contribution in [0.2, 0.25) is 0 Å². The highest BCUT2D eigenvalue weighted by Gasteiger charge is 2.31. The van der Waals surface area contributed by atoms with Gasteiger partial charge in [-0.3, -0.25) is 4.79 Å². The standard InChI is InChI=1S/C13H10F3NO2/c1-19-12-3-2-8(13(14,15)16)6-10(12)11-7-9(18)4-5-17-11/h2-7H,1H3,(H,17,18). The van der Waals surface area contributed by atoms with Crippen molar-refractivity contribution in [3.05, 3.63) is 52.3 Å². The smallest absolute Gasteiger partial charge is 0.416 e. The fourth-order valence-electron chi connectivity index (χ4n) is 1.70. The molecule has 19 heavy (non-hydrogen) atoms. The number of alkyl halides is 3. The van der Waals surface area contributed by atoms with Crippen molar-refractivity contribution in [3.8, 4) is 17.0 Å². The van der Waals surface area contributed by atoms with E-state index in [1.54, 1.807) is 0 Å². The van der Waals surface area contributed by atoms with Crippen LogP contribution in [0.5, 0.6) is 5.75 Å². The van der Waals surface area contributed by atoms with Crippen molar-refractivity contribution in [2.45, 2.75) is 6.18 Å². The summed E-state index contributed by atoms with van der Waals surface area (Å²) in [5.74, 6) is 0.259. The van der Waals surface area contributed by atoms with Crippen molar-refractivity contribution < 1.29 is 17.9 Å². The van der Waals surface area contributed by atoms with Gasteiger partial charge in [0.25, 0.3) is 0 Å². The number of nitrogens with one attached hydrogen (secondary N) is 1. The molecule has 0 fully saturated rings. The molecule has 1 aromatic heterocycles. The Morgan fingerprint density at radius 2 is 1.89 bits per heavy atom. The van der Waals surface area contributed by atoms with Crippen molar-refractivity contribution in [3.63, 3.8) is 0 Å². The molecule has 6 heteroatoms. The number of aromatic nitrogens is 1. The van der Waals surface area contributed by atoms with E-state index in [1.165, 1.54) is 31.5 Å². The van der Waals surface area contributed by atoms with Gasteiger partial charge in [-0.05, 0) is 18.2 Å². The molecule has 1 heterocycles. The third kappa shape index (κ3) is 2.78. The molecule has 2 aromatic rings. The summed E-state index contributed by atoms with van der Waals surface area (Å²) in [7, 11) is 1.35. The fraction of sp³-hybridized carbons (Fsp3) is 0.154. The lowest BCUT2D eigenvalue weighted by atomic mass is 10.1. The molecule has 100 valence electrons. The van der Waals surface area contributed by atoms with Crippen LogP contribution in [-0.2, 0) is 6.18 Å². The first kappa shape index (κ1) is 13.2. The normalized spacial score (nSPS) is 11.4. The number of H-pyrrole nitrogens is 1. The molecule has 0 saturated carbocycles. The number of rotatable bonds is 2. The zero-order valence-electron chi connectivity index (χ0n) is 9.91. The van der Waals surface area contributed by atoms with Gasteiger partial charge in [-0.2, -0.15) is 13.2 Å². The van der Waals surface area contributed by atoms with Crippen molar-refractivity contribution >= 4 is 0 Å². The largest absolute Gasteiger partial charge is 0.496 e. The average Bonchev–Trinajstić information content (AvgIpc) is 2.37. The maximum absolute atomic E-state index is 12.7. The van der Waals surface area contributed by atoms with Crippen LogP contribution >= 0.6 is 0 Å². The Labute approximate surface area is 106 Å². The second kappa shape index (κ2) is 4.79. The minimum Gasteiger partial charge on any atom is -0.496 e. The van der Waals surface area contributed by atoms with E-state index in [0.29, 0.717) is 0 Å². The summed E-state index contributed by atoms with van der Waals surface area (Å²) in [6, 6.07) is 5.61. The molecule has 0 aliphatic heterocycles. The van der Waals surface area contributed by atoms with Crippen molar-refractivity contribution in [1.29, 1.82) is 0 Å². The molecule has 3 nitrogen and oxygen atoms in total. The van der Waals surface area contributed by atoms with Crippen LogP contribution in [0.25, 0.3) is 11.3 Å². The van der Waals surface area contributed by atoms with Crippen LogP contribution in [0.3, 0.4) is 0 Å². The van der Waals surface area contributed by atoms with Gasteiger partial charge < -0.3 is 9.72 Å². The Morgan fingerprint density at radius 1 is 1.16 bits per heavy atom. The maximum Gasteiger partial charge on any atom is 0.416 e. The average molecular weight is 269 g/mol. The molecule has 0 spiro atoms. The zero-order chi connectivity index (χ0) is 14.0. The monoisotopic (exact) mass is 269 g/mol.